The third-order valence-electron chi connectivity index (χ3n) is 9.56. The first-order chi connectivity index (χ1) is 22.8. The summed E-state index contributed by atoms with van der Waals surface area (Å²) in [5.74, 6) is 0.0225. The quantitative estimate of drug-likeness (QED) is 0.0378. The lowest BCUT2D eigenvalue weighted by Gasteiger charge is -2.06. The summed E-state index contributed by atoms with van der Waals surface area (Å²) >= 11 is 0. The maximum atomic E-state index is 12.0. The number of carbonyl (C=O) groups excluding carboxylic acids is 1. The minimum Gasteiger partial charge on any atom is -0.466 e. The molecular formula is C44H84O2. The molecule has 0 aromatic heterocycles. The van der Waals surface area contributed by atoms with Gasteiger partial charge in [-0.1, -0.05) is 199 Å². The highest BCUT2D eigenvalue weighted by atomic mass is 16.5. The van der Waals surface area contributed by atoms with Crippen molar-refractivity contribution in [3.63, 3.8) is 0 Å². The van der Waals surface area contributed by atoms with Crippen molar-refractivity contribution in [1.82, 2.24) is 0 Å². The predicted molar refractivity (Wildman–Crippen MR) is 207 cm³/mol. The molecule has 2 heteroatoms. The van der Waals surface area contributed by atoms with E-state index in [1.807, 2.05) is 0 Å². The Morgan fingerprint density at radius 3 is 0.935 bits per heavy atom. The van der Waals surface area contributed by atoms with E-state index >= 15 is 0 Å². The Morgan fingerprint density at radius 2 is 0.609 bits per heavy atom. The highest BCUT2D eigenvalue weighted by Gasteiger charge is 2.03. The van der Waals surface area contributed by atoms with Gasteiger partial charge in [-0.05, 0) is 64.2 Å². The number of rotatable bonds is 39. The van der Waals surface area contributed by atoms with Gasteiger partial charge in [-0.3, -0.25) is 4.79 Å². The Morgan fingerprint density at radius 1 is 0.348 bits per heavy atom. The van der Waals surface area contributed by atoms with Crippen molar-refractivity contribution in [3.8, 4) is 0 Å². The Labute approximate surface area is 290 Å². The number of esters is 1. The monoisotopic (exact) mass is 645 g/mol. The number of unbranched alkanes of at least 4 members (excludes halogenated alkanes) is 31. The summed E-state index contributed by atoms with van der Waals surface area (Å²) in [5, 5.41) is 0. The van der Waals surface area contributed by atoms with Gasteiger partial charge in [0, 0.05) is 6.42 Å². The van der Waals surface area contributed by atoms with Gasteiger partial charge in [0.25, 0.3) is 0 Å². The van der Waals surface area contributed by atoms with E-state index in [-0.39, 0.29) is 5.97 Å². The van der Waals surface area contributed by atoms with Crippen LogP contribution in [0.1, 0.15) is 245 Å². The first-order valence-electron chi connectivity index (χ1n) is 21.3. The predicted octanol–water partition coefficient (Wildman–Crippen LogP) is 15.7. The second-order valence-electron chi connectivity index (χ2n) is 14.3. The van der Waals surface area contributed by atoms with Gasteiger partial charge in [0.1, 0.15) is 0 Å². The number of carbonyl (C=O) groups is 1. The molecule has 0 spiro atoms. The third-order valence-corrected chi connectivity index (χ3v) is 9.56. The fraction of sp³-hybridized carbons (Fsp3) is 0.886. The van der Waals surface area contributed by atoms with Crippen LogP contribution >= 0.6 is 0 Å². The van der Waals surface area contributed by atoms with Crippen molar-refractivity contribution >= 4 is 5.97 Å². The molecule has 0 aliphatic carbocycles. The van der Waals surface area contributed by atoms with Crippen molar-refractivity contribution in [3.05, 3.63) is 24.3 Å². The van der Waals surface area contributed by atoms with Crippen LogP contribution in [0, 0.1) is 0 Å². The first-order valence-corrected chi connectivity index (χ1v) is 21.3. The summed E-state index contributed by atoms with van der Waals surface area (Å²) in [6.45, 7) is 5.20. The number of allylic oxidation sites excluding steroid dienone is 4. The van der Waals surface area contributed by atoms with Crippen LogP contribution in [0.25, 0.3) is 0 Å². The molecule has 0 aliphatic heterocycles. The molecule has 0 bridgehead atoms. The van der Waals surface area contributed by atoms with Crippen molar-refractivity contribution in [2.75, 3.05) is 6.61 Å². The van der Waals surface area contributed by atoms with Gasteiger partial charge < -0.3 is 4.74 Å². The van der Waals surface area contributed by atoms with Gasteiger partial charge in [-0.2, -0.15) is 0 Å². The smallest absolute Gasteiger partial charge is 0.305 e. The lowest BCUT2D eigenvalue weighted by atomic mass is 10.1. The second-order valence-corrected chi connectivity index (χ2v) is 14.3. The maximum Gasteiger partial charge on any atom is 0.305 e. The van der Waals surface area contributed by atoms with E-state index in [2.05, 4.69) is 38.2 Å². The molecule has 0 rings (SSSR count). The summed E-state index contributed by atoms with van der Waals surface area (Å²) < 4.78 is 5.47. The molecule has 0 amide bonds. The van der Waals surface area contributed by atoms with E-state index in [1.165, 1.54) is 212 Å². The number of hydrogen-bond donors (Lipinski definition) is 0. The Kier molecular flexibility index (Phi) is 41.0. The summed E-state index contributed by atoms with van der Waals surface area (Å²) in [7, 11) is 0. The highest BCUT2D eigenvalue weighted by molar-refractivity contribution is 5.69. The molecule has 272 valence electrons. The average molecular weight is 645 g/mol. The van der Waals surface area contributed by atoms with Gasteiger partial charge >= 0.3 is 5.97 Å². The van der Waals surface area contributed by atoms with Gasteiger partial charge in [0.05, 0.1) is 6.61 Å². The van der Waals surface area contributed by atoms with Gasteiger partial charge in [-0.15, -0.1) is 0 Å². The zero-order chi connectivity index (χ0) is 33.3. The average Bonchev–Trinajstić information content (AvgIpc) is 3.06. The molecule has 0 unspecified atom stereocenters. The fourth-order valence-corrected chi connectivity index (χ4v) is 6.36. The largest absolute Gasteiger partial charge is 0.466 e. The summed E-state index contributed by atoms with van der Waals surface area (Å²) in [6, 6.07) is 0. The zero-order valence-corrected chi connectivity index (χ0v) is 31.8. The molecule has 0 fully saturated rings. The van der Waals surface area contributed by atoms with Crippen LogP contribution in [0.4, 0.5) is 0 Å². The molecule has 0 N–H and O–H groups in total. The molecule has 46 heavy (non-hydrogen) atoms. The van der Waals surface area contributed by atoms with E-state index in [4.69, 9.17) is 4.74 Å². The van der Waals surface area contributed by atoms with E-state index in [9.17, 15) is 4.79 Å². The molecule has 2 nitrogen and oxygen atoms in total. The standard InChI is InChI=1S/C44H84O2/c1-3-5-7-9-11-13-15-17-19-21-23-25-27-29-31-33-35-37-39-41-43-46-44(45)42-40-38-36-34-32-30-28-26-24-22-20-18-16-14-12-10-8-6-4-2/h17-20H,3-16,21-43H2,1-2H3. The zero-order valence-electron chi connectivity index (χ0n) is 31.8. The number of hydrogen-bond acceptors (Lipinski definition) is 2. The third kappa shape index (κ3) is 41.0. The molecule has 0 aromatic carbocycles. The Hall–Kier alpha value is -1.05. The second kappa shape index (κ2) is 42.0. The minimum absolute atomic E-state index is 0.0225. The van der Waals surface area contributed by atoms with Crippen LogP contribution in [-0.4, -0.2) is 12.6 Å². The van der Waals surface area contributed by atoms with Gasteiger partial charge in [0.2, 0.25) is 0 Å². The summed E-state index contributed by atoms with van der Waals surface area (Å²) in [5.41, 5.74) is 0. The molecule has 0 heterocycles. The topological polar surface area (TPSA) is 26.3 Å². The summed E-state index contributed by atoms with van der Waals surface area (Å²) in [6.07, 6.45) is 57.0. The van der Waals surface area contributed by atoms with Crippen LogP contribution in [0.15, 0.2) is 24.3 Å². The van der Waals surface area contributed by atoms with E-state index in [0.717, 1.165) is 12.8 Å². The molecule has 0 aromatic rings. The lowest BCUT2D eigenvalue weighted by Crippen LogP contribution is -2.05. The van der Waals surface area contributed by atoms with Crippen molar-refractivity contribution in [2.24, 2.45) is 0 Å². The van der Waals surface area contributed by atoms with Crippen molar-refractivity contribution < 1.29 is 9.53 Å². The highest BCUT2D eigenvalue weighted by Crippen LogP contribution is 2.14. The molecule has 0 saturated carbocycles. The lowest BCUT2D eigenvalue weighted by molar-refractivity contribution is -0.143. The first kappa shape index (κ1) is 45.0. The van der Waals surface area contributed by atoms with Gasteiger partial charge in [-0.25, -0.2) is 0 Å². The van der Waals surface area contributed by atoms with E-state index < -0.39 is 0 Å². The SMILES string of the molecule is CCCCCCCCC=CCCCCCCCCCCCCOC(=O)CCCCCCCCCCCC=CCCCCCCCC. The van der Waals surface area contributed by atoms with E-state index in [0.29, 0.717) is 13.0 Å². The maximum absolute atomic E-state index is 12.0. The van der Waals surface area contributed by atoms with Crippen molar-refractivity contribution in [1.29, 1.82) is 0 Å². The van der Waals surface area contributed by atoms with Crippen LogP contribution in [0.2, 0.25) is 0 Å². The normalized spacial score (nSPS) is 11.8. The minimum atomic E-state index is 0.0225. The van der Waals surface area contributed by atoms with Crippen molar-refractivity contribution in [2.45, 2.75) is 245 Å². The van der Waals surface area contributed by atoms with Crippen LogP contribution in [-0.2, 0) is 9.53 Å². The molecule has 0 aliphatic rings. The fourth-order valence-electron chi connectivity index (χ4n) is 6.36. The molecule has 0 atom stereocenters. The van der Waals surface area contributed by atoms with E-state index in [1.54, 1.807) is 0 Å². The summed E-state index contributed by atoms with van der Waals surface area (Å²) in [4.78, 5) is 12.0. The van der Waals surface area contributed by atoms with Crippen LogP contribution < -0.4 is 0 Å². The molecule has 0 radical (unpaired) electrons. The Bertz CT molecular complexity index is 621. The van der Waals surface area contributed by atoms with Gasteiger partial charge in [0.15, 0.2) is 0 Å². The number of ether oxygens (including phenoxy) is 1. The van der Waals surface area contributed by atoms with Crippen LogP contribution in [0.5, 0.6) is 0 Å². The Balaban J connectivity index is 3.20. The van der Waals surface area contributed by atoms with Crippen LogP contribution in [0.3, 0.4) is 0 Å². The molecule has 0 saturated heterocycles. The molecular weight excluding hydrogens is 560 g/mol.